The minimum atomic E-state index is -1.01. The number of aryl methyl sites for hydroxylation is 2. The fourth-order valence-corrected chi connectivity index (χ4v) is 4.65. The van der Waals surface area contributed by atoms with Crippen molar-refractivity contribution >= 4 is 28.4 Å². The average molecular weight is 452 g/mol. The Morgan fingerprint density at radius 1 is 1.06 bits per heavy atom. The van der Waals surface area contributed by atoms with Gasteiger partial charge in [0.15, 0.2) is 12.4 Å². The van der Waals surface area contributed by atoms with E-state index in [0.717, 1.165) is 41.2 Å². The number of fused-ring (bicyclic) bond motifs is 2. The second-order valence-corrected chi connectivity index (χ2v) is 8.51. The number of carbonyl (C=O) groups is 1. The number of hydrogen-bond donors (Lipinski definition) is 1. The Hall–Kier alpha value is -4.31. The largest absolute Gasteiger partial charge is 0.478 e. The van der Waals surface area contributed by atoms with Crippen molar-refractivity contribution in [1.82, 2.24) is 9.66 Å². The highest BCUT2D eigenvalue weighted by Crippen LogP contribution is 2.47. The van der Waals surface area contributed by atoms with E-state index in [-0.39, 0.29) is 5.56 Å². The van der Waals surface area contributed by atoms with Crippen molar-refractivity contribution in [3.63, 3.8) is 0 Å². The number of para-hydroxylation sites is 3. The Morgan fingerprint density at radius 3 is 2.47 bits per heavy atom. The number of unbranched alkanes of at least 4 members (excludes halogenated alkanes) is 1. The lowest BCUT2D eigenvalue weighted by molar-refractivity contribution is 0.0698. The van der Waals surface area contributed by atoms with Crippen molar-refractivity contribution in [1.29, 1.82) is 5.26 Å². The molecule has 1 unspecified atom stereocenters. The highest BCUT2D eigenvalue weighted by molar-refractivity contribution is 6.02. The first-order valence-electron chi connectivity index (χ1n) is 11.4. The first-order valence-corrected chi connectivity index (χ1v) is 11.4. The van der Waals surface area contributed by atoms with Crippen molar-refractivity contribution in [2.75, 3.05) is 9.91 Å². The molecule has 0 amide bonds. The molecule has 0 radical (unpaired) electrons. The van der Waals surface area contributed by atoms with E-state index in [1.807, 2.05) is 71.2 Å². The summed E-state index contributed by atoms with van der Waals surface area (Å²) < 4.78 is 1.93. The summed E-state index contributed by atoms with van der Waals surface area (Å²) in [4.78, 5) is 18.8. The van der Waals surface area contributed by atoms with Gasteiger partial charge in [0.1, 0.15) is 11.3 Å². The van der Waals surface area contributed by atoms with Crippen LogP contribution in [0.1, 0.15) is 53.2 Å². The van der Waals surface area contributed by atoms with Gasteiger partial charge in [-0.05, 0) is 43.2 Å². The highest BCUT2D eigenvalue weighted by atomic mass is 16.4. The molecule has 0 fully saturated rings. The van der Waals surface area contributed by atoms with Crippen LogP contribution in [0.5, 0.6) is 0 Å². The number of rotatable bonds is 6. The Kier molecular flexibility index (Phi) is 5.42. The lowest BCUT2D eigenvalue weighted by Gasteiger charge is -2.32. The number of nitriles is 1. The molecule has 0 saturated carbocycles. The third-order valence-corrected chi connectivity index (χ3v) is 6.27. The molecule has 0 spiro atoms. The van der Waals surface area contributed by atoms with E-state index in [2.05, 4.69) is 13.1 Å². The molecule has 4 aromatic rings. The smallest absolute Gasteiger partial charge is 0.337 e. The molecule has 34 heavy (non-hydrogen) atoms. The second-order valence-electron chi connectivity index (χ2n) is 8.51. The number of aromatic nitrogens is 2. The summed E-state index contributed by atoms with van der Waals surface area (Å²) in [5.41, 5.74) is 5.00. The van der Waals surface area contributed by atoms with Crippen LogP contribution in [0.25, 0.3) is 11.0 Å². The van der Waals surface area contributed by atoms with Crippen LogP contribution >= 0.6 is 0 Å². The maximum Gasteiger partial charge on any atom is 0.337 e. The van der Waals surface area contributed by atoms with E-state index in [4.69, 9.17) is 4.98 Å². The molecule has 5 rings (SSSR count). The SMILES string of the molecule is CCCCc1nc2cccc(C(=O)O)c2n1N1c2ccccc2N(C#N)C1c1ccc(C)cc1. The topological polar surface area (TPSA) is 85.4 Å². The molecule has 0 aliphatic carbocycles. The molecule has 3 aromatic carbocycles. The van der Waals surface area contributed by atoms with Crippen LogP contribution < -0.4 is 9.91 Å². The standard InChI is InChI=1S/C27H25N5O2/c1-3-4-12-24-29-21-9-7-8-20(27(33)34)25(21)32(24)31-23-11-6-5-10-22(23)30(17-28)26(31)19-15-13-18(2)14-16-19/h5-11,13-16,26H,3-4,12H2,1-2H3,(H,33,34). The number of carboxylic acid groups (broad SMARTS) is 1. The number of hydrogen-bond acceptors (Lipinski definition) is 5. The Balaban J connectivity index is 1.84. The van der Waals surface area contributed by atoms with Crippen LogP contribution in [-0.2, 0) is 6.42 Å². The molecule has 1 N–H and O–H groups in total. The van der Waals surface area contributed by atoms with Gasteiger partial charge in [-0.3, -0.25) is 0 Å². The molecule has 2 heterocycles. The van der Waals surface area contributed by atoms with E-state index in [9.17, 15) is 15.2 Å². The fourth-order valence-electron chi connectivity index (χ4n) is 4.65. The van der Waals surface area contributed by atoms with Crippen molar-refractivity contribution in [3.8, 4) is 6.19 Å². The normalized spacial score (nSPS) is 14.9. The molecule has 7 heteroatoms. The molecule has 170 valence electrons. The van der Waals surface area contributed by atoms with E-state index in [1.54, 1.807) is 17.0 Å². The maximum atomic E-state index is 12.2. The van der Waals surface area contributed by atoms with Crippen LogP contribution in [-0.4, -0.2) is 20.7 Å². The van der Waals surface area contributed by atoms with Crippen molar-refractivity contribution in [2.24, 2.45) is 0 Å². The van der Waals surface area contributed by atoms with Crippen LogP contribution in [0.3, 0.4) is 0 Å². The first kappa shape index (κ1) is 21.5. The number of carboxylic acids is 1. The third-order valence-electron chi connectivity index (χ3n) is 6.27. The average Bonchev–Trinajstić information content (AvgIpc) is 3.37. The molecule has 1 aliphatic heterocycles. The zero-order valence-corrected chi connectivity index (χ0v) is 19.1. The Morgan fingerprint density at radius 2 is 1.79 bits per heavy atom. The van der Waals surface area contributed by atoms with Gasteiger partial charge in [-0.25, -0.2) is 24.4 Å². The molecular weight excluding hydrogens is 426 g/mol. The van der Waals surface area contributed by atoms with Gasteiger partial charge in [0.05, 0.1) is 22.5 Å². The predicted octanol–water partition coefficient (Wildman–Crippen LogP) is 5.66. The number of benzene rings is 3. The van der Waals surface area contributed by atoms with E-state index < -0.39 is 12.1 Å². The van der Waals surface area contributed by atoms with Gasteiger partial charge in [-0.1, -0.05) is 61.4 Å². The van der Waals surface area contributed by atoms with E-state index in [1.165, 1.54) is 0 Å². The molecule has 1 aliphatic rings. The first-order chi connectivity index (χ1) is 16.5. The Bertz CT molecular complexity index is 1420. The van der Waals surface area contributed by atoms with Gasteiger partial charge in [0.25, 0.3) is 0 Å². The molecule has 1 aromatic heterocycles. The van der Waals surface area contributed by atoms with Crippen LogP contribution in [0, 0.1) is 18.4 Å². The van der Waals surface area contributed by atoms with Gasteiger partial charge >= 0.3 is 5.97 Å². The molecular formula is C27H25N5O2. The summed E-state index contributed by atoms with van der Waals surface area (Å²) in [5.74, 6) is -0.234. The summed E-state index contributed by atoms with van der Waals surface area (Å²) in [6.45, 7) is 4.14. The zero-order valence-electron chi connectivity index (χ0n) is 19.1. The molecule has 1 atom stereocenters. The van der Waals surface area contributed by atoms with Crippen molar-refractivity contribution in [2.45, 2.75) is 39.3 Å². The summed E-state index contributed by atoms with van der Waals surface area (Å²) in [7, 11) is 0. The lowest BCUT2D eigenvalue weighted by Crippen LogP contribution is -2.38. The molecule has 0 bridgehead atoms. The van der Waals surface area contributed by atoms with Gasteiger partial charge in [-0.2, -0.15) is 5.26 Å². The van der Waals surface area contributed by atoms with Crippen LogP contribution in [0.15, 0.2) is 66.7 Å². The summed E-state index contributed by atoms with van der Waals surface area (Å²) in [6, 6.07) is 21.0. The van der Waals surface area contributed by atoms with Crippen LogP contribution in [0.4, 0.5) is 11.4 Å². The summed E-state index contributed by atoms with van der Waals surface area (Å²) >= 11 is 0. The zero-order chi connectivity index (χ0) is 23.8. The number of anilines is 2. The molecule has 0 saturated heterocycles. The van der Waals surface area contributed by atoms with E-state index in [0.29, 0.717) is 17.5 Å². The number of nitrogens with zero attached hydrogens (tertiary/aromatic N) is 5. The van der Waals surface area contributed by atoms with Gasteiger partial charge in [0.2, 0.25) is 0 Å². The number of imidazole rings is 1. The second kappa shape index (κ2) is 8.56. The highest BCUT2D eigenvalue weighted by Gasteiger charge is 2.40. The third kappa shape index (κ3) is 3.35. The van der Waals surface area contributed by atoms with Crippen LogP contribution in [0.2, 0.25) is 0 Å². The predicted molar refractivity (Wildman–Crippen MR) is 132 cm³/mol. The van der Waals surface area contributed by atoms with Gasteiger partial charge in [0, 0.05) is 6.42 Å². The van der Waals surface area contributed by atoms with Gasteiger partial charge < -0.3 is 5.11 Å². The van der Waals surface area contributed by atoms with Crippen molar-refractivity contribution < 1.29 is 9.90 Å². The van der Waals surface area contributed by atoms with Gasteiger partial charge in [-0.15, -0.1) is 0 Å². The Labute approximate surface area is 198 Å². The lowest BCUT2D eigenvalue weighted by atomic mass is 10.1. The monoisotopic (exact) mass is 451 g/mol. The molecule has 7 nitrogen and oxygen atoms in total. The van der Waals surface area contributed by atoms with E-state index >= 15 is 0 Å². The minimum absolute atomic E-state index is 0.184. The quantitative estimate of drug-likeness (QED) is 0.381. The minimum Gasteiger partial charge on any atom is -0.478 e. The fraction of sp³-hybridized carbons (Fsp3) is 0.222. The maximum absolute atomic E-state index is 12.2. The summed E-state index contributed by atoms with van der Waals surface area (Å²) in [5, 5.41) is 22.3. The summed E-state index contributed by atoms with van der Waals surface area (Å²) in [6.07, 6.45) is 4.47. The van der Waals surface area contributed by atoms with Crippen molar-refractivity contribution in [3.05, 3.63) is 89.2 Å². The number of aromatic carboxylic acids is 1.